The Morgan fingerprint density at radius 1 is 1.19 bits per heavy atom. The largest absolute Gasteiger partial charge is 0.573 e. The van der Waals surface area contributed by atoms with Gasteiger partial charge in [-0.3, -0.25) is 4.79 Å². The van der Waals surface area contributed by atoms with Crippen molar-refractivity contribution < 1.29 is 28.2 Å². The van der Waals surface area contributed by atoms with Gasteiger partial charge in [0.25, 0.3) is 0 Å². The van der Waals surface area contributed by atoms with Gasteiger partial charge in [0, 0.05) is 18.3 Å². The Balaban J connectivity index is 2.04. The number of carbonyl (C=O) groups is 1. The first-order valence-electron chi connectivity index (χ1n) is 9.87. The second-order valence-electron chi connectivity index (χ2n) is 5.43. The maximum atomic E-state index is 12.3. The second-order valence-corrected chi connectivity index (χ2v) is 5.43. The number of hydrogen-bond donors (Lipinski definition) is 0. The third kappa shape index (κ3) is 7.86. The number of halogens is 3. The first-order chi connectivity index (χ1) is 14.3. The number of nitrogens with zero attached hydrogens (tertiary/aromatic N) is 3. The first kappa shape index (κ1) is 15.1. The van der Waals surface area contributed by atoms with Gasteiger partial charge in [-0.15, -0.1) is 13.2 Å². The lowest BCUT2D eigenvalue weighted by molar-refractivity contribution is -0.274. The molecule has 0 saturated heterocycles. The summed E-state index contributed by atoms with van der Waals surface area (Å²) in [6.45, 7) is 6.56. The monoisotopic (exact) mass is 381 g/mol. The molecule has 0 spiro atoms. The Morgan fingerprint density at radius 3 is 2.59 bits per heavy atom. The Labute approximate surface area is 160 Å². The van der Waals surface area contributed by atoms with Crippen LogP contribution in [0.2, 0.25) is 0 Å². The lowest BCUT2D eigenvalue weighted by atomic mass is 10.1. The molecule has 1 aromatic carbocycles. The van der Waals surface area contributed by atoms with Crippen LogP contribution in [0, 0.1) is 6.57 Å². The minimum atomic E-state index is -4.84. The summed E-state index contributed by atoms with van der Waals surface area (Å²) >= 11 is 0. The number of aryl methyl sites for hydroxylation is 1. The van der Waals surface area contributed by atoms with E-state index in [1.54, 1.807) is 0 Å². The molecule has 0 N–H and O–H groups in total. The fourth-order valence-corrected chi connectivity index (χ4v) is 2.13. The third-order valence-electron chi connectivity index (χ3n) is 3.20. The molecule has 0 unspecified atom stereocenters. The van der Waals surface area contributed by atoms with Crippen LogP contribution in [0.25, 0.3) is 4.85 Å². The summed E-state index contributed by atoms with van der Waals surface area (Å²) in [5.74, 6) is -0.793. The highest BCUT2D eigenvalue weighted by atomic mass is 19.4. The fraction of sp³-hybridized carbons (Fsp3) is 0.368. The fourth-order valence-electron chi connectivity index (χ4n) is 2.13. The number of ketones is 1. The Hall–Kier alpha value is -2.95. The molecule has 0 saturated carbocycles. The van der Waals surface area contributed by atoms with Crippen LogP contribution in [0.15, 0.2) is 36.4 Å². The highest BCUT2D eigenvalue weighted by Crippen LogP contribution is 2.23. The average Bonchev–Trinajstić information content (AvgIpc) is 2.65. The van der Waals surface area contributed by atoms with E-state index in [1.165, 1.54) is 24.3 Å². The lowest BCUT2D eigenvalue weighted by Gasteiger charge is -2.09. The zero-order valence-corrected chi connectivity index (χ0v) is 14.1. The van der Waals surface area contributed by atoms with Crippen LogP contribution >= 0.6 is 0 Å². The number of hydrogen-bond acceptors (Lipinski definition) is 4. The van der Waals surface area contributed by atoms with E-state index in [0.29, 0.717) is 5.56 Å². The van der Waals surface area contributed by atoms with Crippen LogP contribution in [0.1, 0.15) is 35.2 Å². The molecular weight excluding hydrogens is 359 g/mol. The number of aromatic nitrogens is 2. The van der Waals surface area contributed by atoms with Crippen LogP contribution in [-0.2, 0) is 24.0 Å². The highest BCUT2D eigenvalue weighted by Gasteiger charge is 2.31. The SMILES string of the molecule is [2H]C([2H])(CC[N+]#[C-])C([2H])([2H])c1ccc(CC(=O)Cc2cccc(OC(F)(F)F)c2)nn1. The van der Waals surface area contributed by atoms with Crippen molar-refractivity contribution in [2.24, 2.45) is 0 Å². The molecule has 0 aliphatic rings. The topological polar surface area (TPSA) is 56.4 Å². The highest BCUT2D eigenvalue weighted by molar-refractivity contribution is 5.82. The molecule has 8 heteroatoms. The van der Waals surface area contributed by atoms with E-state index in [-0.39, 0.29) is 43.0 Å². The van der Waals surface area contributed by atoms with Gasteiger partial charge < -0.3 is 9.58 Å². The van der Waals surface area contributed by atoms with Crippen LogP contribution < -0.4 is 4.74 Å². The summed E-state index contributed by atoms with van der Waals surface area (Å²) in [6.07, 6.45) is -10.3. The molecule has 0 bridgehead atoms. The molecule has 0 atom stereocenters. The van der Waals surface area contributed by atoms with Crippen molar-refractivity contribution in [3.05, 3.63) is 64.8 Å². The van der Waals surface area contributed by atoms with Gasteiger partial charge in [0.05, 0.1) is 17.8 Å². The van der Waals surface area contributed by atoms with Gasteiger partial charge in [0.1, 0.15) is 11.5 Å². The van der Waals surface area contributed by atoms with Crippen molar-refractivity contribution in [1.82, 2.24) is 10.2 Å². The molecule has 0 amide bonds. The predicted octanol–water partition coefficient (Wildman–Crippen LogP) is 3.97. The summed E-state index contributed by atoms with van der Waals surface area (Å²) in [7, 11) is 0. The van der Waals surface area contributed by atoms with Crippen LogP contribution in [-0.4, -0.2) is 28.9 Å². The molecule has 0 fully saturated rings. The molecule has 142 valence electrons. The zero-order valence-electron chi connectivity index (χ0n) is 18.1. The third-order valence-corrected chi connectivity index (χ3v) is 3.20. The zero-order chi connectivity index (χ0) is 23.3. The van der Waals surface area contributed by atoms with E-state index in [9.17, 15) is 18.0 Å². The molecule has 1 heterocycles. The van der Waals surface area contributed by atoms with Crippen molar-refractivity contribution in [3.63, 3.8) is 0 Å². The molecule has 2 aromatic rings. The van der Waals surface area contributed by atoms with Gasteiger partial charge in [0.15, 0.2) is 0 Å². The minimum Gasteiger partial charge on any atom is -0.406 e. The number of ether oxygens (including phenoxy) is 1. The Kier molecular flexibility index (Phi) is 5.42. The molecule has 0 radical (unpaired) electrons. The van der Waals surface area contributed by atoms with E-state index in [2.05, 4.69) is 19.8 Å². The van der Waals surface area contributed by atoms with Crippen LogP contribution in [0.3, 0.4) is 0 Å². The van der Waals surface area contributed by atoms with E-state index in [0.717, 1.165) is 12.1 Å². The molecule has 27 heavy (non-hydrogen) atoms. The maximum Gasteiger partial charge on any atom is 0.573 e. The van der Waals surface area contributed by atoms with E-state index < -0.39 is 24.9 Å². The quantitative estimate of drug-likeness (QED) is 0.617. The smallest absolute Gasteiger partial charge is 0.406 e. The Bertz CT molecular complexity index is 961. The molecule has 5 nitrogen and oxygen atoms in total. The van der Waals surface area contributed by atoms with Gasteiger partial charge in [-0.05, 0) is 42.6 Å². The second kappa shape index (κ2) is 9.67. The number of Topliss-reactive ketones (excluding diaryl/α,β-unsaturated/α-hetero) is 1. The predicted molar refractivity (Wildman–Crippen MR) is 92.0 cm³/mol. The molecule has 1 aromatic heterocycles. The number of alkyl halides is 3. The van der Waals surface area contributed by atoms with Crippen molar-refractivity contribution >= 4 is 5.78 Å². The summed E-state index contributed by atoms with van der Waals surface area (Å²) < 4.78 is 72.5. The summed E-state index contributed by atoms with van der Waals surface area (Å²) in [5.41, 5.74) is 0.255. The van der Waals surface area contributed by atoms with Crippen LogP contribution in [0.4, 0.5) is 13.2 Å². The van der Waals surface area contributed by atoms with E-state index >= 15 is 0 Å². The van der Waals surface area contributed by atoms with Crippen molar-refractivity contribution in [2.45, 2.75) is 38.4 Å². The molecular formula is C19H18F3N3O2. The Morgan fingerprint density at radius 2 is 1.93 bits per heavy atom. The van der Waals surface area contributed by atoms with Gasteiger partial charge in [0.2, 0.25) is 6.54 Å². The van der Waals surface area contributed by atoms with Crippen molar-refractivity contribution in [3.8, 4) is 5.75 Å². The standard InChI is InChI=1S/C19H18F3N3O2/c1-23-10-3-2-6-15-8-9-16(25-24-15)13-17(26)11-14-5-4-7-18(12-14)27-19(20,21)22/h4-5,7-9,12H,2-3,6,10-11,13H2/i2D2,6D2. The van der Waals surface area contributed by atoms with Gasteiger partial charge >= 0.3 is 6.36 Å². The number of rotatable bonds is 9. The summed E-state index contributed by atoms with van der Waals surface area (Å²) in [6, 6.07) is 7.61. The lowest BCUT2D eigenvalue weighted by Crippen LogP contribution is -2.17. The first-order valence-corrected chi connectivity index (χ1v) is 7.87. The maximum absolute atomic E-state index is 12.3. The number of benzene rings is 1. The molecule has 0 aliphatic carbocycles. The molecule has 0 aliphatic heterocycles. The normalized spacial score (nSPS) is 14.3. The van der Waals surface area contributed by atoms with Gasteiger partial charge in [-0.2, -0.15) is 10.2 Å². The summed E-state index contributed by atoms with van der Waals surface area (Å²) in [4.78, 5) is 15.3. The van der Waals surface area contributed by atoms with E-state index in [4.69, 9.17) is 12.1 Å². The number of carbonyl (C=O) groups excluding carboxylic acids is 1. The van der Waals surface area contributed by atoms with Crippen molar-refractivity contribution in [1.29, 1.82) is 0 Å². The summed E-state index contributed by atoms with van der Waals surface area (Å²) in [5, 5.41) is 7.47. The molecule has 2 rings (SSSR count). The average molecular weight is 381 g/mol. The van der Waals surface area contributed by atoms with Gasteiger partial charge in [-0.25, -0.2) is 6.57 Å². The van der Waals surface area contributed by atoms with E-state index in [1.807, 2.05) is 0 Å². The van der Waals surface area contributed by atoms with Crippen molar-refractivity contribution in [2.75, 3.05) is 6.54 Å². The van der Waals surface area contributed by atoms with Gasteiger partial charge in [-0.1, -0.05) is 12.1 Å². The minimum absolute atomic E-state index is 0.168. The van der Waals surface area contributed by atoms with Crippen LogP contribution in [0.5, 0.6) is 5.75 Å².